The van der Waals surface area contributed by atoms with Crippen LogP contribution in [-0.2, 0) is 23.8 Å². The molecule has 0 bridgehead atoms. The molecule has 0 fully saturated rings. The van der Waals surface area contributed by atoms with Gasteiger partial charge in [0.15, 0.2) is 0 Å². The van der Waals surface area contributed by atoms with Gasteiger partial charge in [-0.25, -0.2) is 9.18 Å². The van der Waals surface area contributed by atoms with Crippen molar-refractivity contribution in [3.05, 3.63) is 57.4 Å². The minimum atomic E-state index is -1.30. The van der Waals surface area contributed by atoms with Crippen molar-refractivity contribution in [2.24, 2.45) is 5.73 Å². The van der Waals surface area contributed by atoms with Gasteiger partial charge in [0, 0.05) is 10.6 Å². The molecule has 0 spiro atoms. The van der Waals surface area contributed by atoms with Crippen molar-refractivity contribution in [3.63, 3.8) is 0 Å². The minimum Gasteiger partial charge on any atom is -0.466 e. The van der Waals surface area contributed by atoms with Gasteiger partial charge in [-0.05, 0) is 26.0 Å². The molecule has 0 unspecified atom stereocenters. The van der Waals surface area contributed by atoms with Gasteiger partial charge < -0.3 is 19.9 Å². The fraction of sp³-hybridized carbons (Fsp3) is 0.316. The summed E-state index contributed by atoms with van der Waals surface area (Å²) in [4.78, 5) is 24.6. The van der Waals surface area contributed by atoms with Crippen LogP contribution in [0.1, 0.15) is 31.7 Å². The average Bonchev–Trinajstić information content (AvgIpc) is 2.62. The molecule has 0 saturated carbocycles. The summed E-state index contributed by atoms with van der Waals surface area (Å²) in [6, 6.07) is 5.76. The summed E-state index contributed by atoms with van der Waals surface area (Å²) < 4.78 is 29.9. The summed E-state index contributed by atoms with van der Waals surface area (Å²) in [5.41, 5.74) is 5.23. The van der Waals surface area contributed by atoms with Crippen LogP contribution in [0.3, 0.4) is 0 Å². The van der Waals surface area contributed by atoms with Crippen molar-refractivity contribution in [2.75, 3.05) is 13.2 Å². The Morgan fingerprint density at radius 1 is 1.32 bits per heavy atom. The summed E-state index contributed by atoms with van der Waals surface area (Å²) >= 11 is 6.16. The van der Waals surface area contributed by atoms with E-state index in [0.29, 0.717) is 0 Å². The molecule has 0 radical (unpaired) electrons. The van der Waals surface area contributed by atoms with E-state index in [1.165, 1.54) is 12.1 Å². The second kappa shape index (κ2) is 9.24. The highest BCUT2D eigenvalue weighted by atomic mass is 35.5. The predicted octanol–water partition coefficient (Wildman–Crippen LogP) is 3.06. The molecular weight excluding hydrogens is 391 g/mol. The lowest BCUT2D eigenvalue weighted by Gasteiger charge is -2.28. The summed E-state index contributed by atoms with van der Waals surface area (Å²) in [5.74, 6) is -4.16. The molecule has 1 heterocycles. The number of hydrogen-bond donors (Lipinski definition) is 1. The van der Waals surface area contributed by atoms with E-state index in [9.17, 15) is 19.2 Å². The molecule has 2 rings (SSSR count). The second-order valence-corrected chi connectivity index (χ2v) is 6.01. The van der Waals surface area contributed by atoms with E-state index in [2.05, 4.69) is 0 Å². The summed E-state index contributed by atoms with van der Waals surface area (Å²) in [6.45, 7) is 3.31. The molecule has 1 atom stereocenters. The van der Waals surface area contributed by atoms with E-state index in [-0.39, 0.29) is 46.6 Å². The van der Waals surface area contributed by atoms with E-state index < -0.39 is 30.1 Å². The molecule has 1 aromatic carbocycles. The molecular formula is C19H18ClFN2O5. The molecule has 0 aliphatic carbocycles. The highest BCUT2D eigenvalue weighted by molar-refractivity contribution is 6.31. The number of hydrogen-bond acceptors (Lipinski definition) is 7. The smallest absolute Gasteiger partial charge is 0.338 e. The molecule has 28 heavy (non-hydrogen) atoms. The van der Waals surface area contributed by atoms with Crippen molar-refractivity contribution in [3.8, 4) is 6.07 Å². The van der Waals surface area contributed by atoms with Gasteiger partial charge in [-0.2, -0.15) is 5.26 Å². The lowest BCUT2D eigenvalue weighted by Crippen LogP contribution is -2.28. The Morgan fingerprint density at radius 3 is 2.57 bits per heavy atom. The topological polar surface area (TPSA) is 112 Å². The van der Waals surface area contributed by atoms with Gasteiger partial charge in [-0.15, -0.1) is 0 Å². The number of ether oxygens (including phenoxy) is 3. The highest BCUT2D eigenvalue weighted by Crippen LogP contribution is 2.43. The molecule has 9 heteroatoms. The first kappa shape index (κ1) is 21.3. The van der Waals surface area contributed by atoms with E-state index in [0.717, 1.165) is 6.07 Å². The van der Waals surface area contributed by atoms with Crippen molar-refractivity contribution >= 4 is 23.5 Å². The minimum absolute atomic E-state index is 0.00776. The van der Waals surface area contributed by atoms with Crippen LogP contribution in [-0.4, -0.2) is 25.2 Å². The number of halogens is 2. The second-order valence-electron chi connectivity index (χ2n) is 5.60. The number of nitriles is 1. The monoisotopic (exact) mass is 408 g/mol. The average molecular weight is 409 g/mol. The van der Waals surface area contributed by atoms with Crippen molar-refractivity contribution < 1.29 is 28.2 Å². The third-order valence-electron chi connectivity index (χ3n) is 3.89. The zero-order chi connectivity index (χ0) is 20.8. The molecule has 0 saturated heterocycles. The lowest BCUT2D eigenvalue weighted by molar-refractivity contribution is -0.143. The van der Waals surface area contributed by atoms with Crippen molar-refractivity contribution in [2.45, 2.75) is 26.2 Å². The number of esters is 2. The van der Waals surface area contributed by atoms with Crippen LogP contribution in [0.15, 0.2) is 41.0 Å². The molecule has 1 aliphatic rings. The number of nitrogens with two attached hydrogens (primary N) is 1. The molecule has 0 aromatic heterocycles. The van der Waals surface area contributed by atoms with Crippen LogP contribution < -0.4 is 5.73 Å². The van der Waals surface area contributed by atoms with E-state index in [4.69, 9.17) is 31.5 Å². The Bertz CT molecular complexity index is 884. The predicted molar refractivity (Wildman–Crippen MR) is 97.0 cm³/mol. The van der Waals surface area contributed by atoms with Gasteiger partial charge in [0.05, 0.1) is 24.7 Å². The Labute approximate surface area is 166 Å². The molecule has 1 aliphatic heterocycles. The van der Waals surface area contributed by atoms with Crippen LogP contribution in [0.25, 0.3) is 0 Å². The highest BCUT2D eigenvalue weighted by Gasteiger charge is 2.40. The maximum Gasteiger partial charge on any atom is 0.338 e. The Balaban J connectivity index is 2.73. The molecule has 7 nitrogen and oxygen atoms in total. The first-order valence-corrected chi connectivity index (χ1v) is 8.80. The first-order chi connectivity index (χ1) is 13.3. The van der Waals surface area contributed by atoms with Gasteiger partial charge in [0.25, 0.3) is 0 Å². The summed E-state index contributed by atoms with van der Waals surface area (Å²) in [6.07, 6.45) is -0.454. The Morgan fingerprint density at radius 2 is 2.00 bits per heavy atom. The number of rotatable bonds is 6. The van der Waals surface area contributed by atoms with E-state index >= 15 is 0 Å². The normalized spacial score (nSPS) is 16.3. The quantitative estimate of drug-likeness (QED) is 0.720. The van der Waals surface area contributed by atoms with Crippen molar-refractivity contribution in [1.82, 2.24) is 0 Å². The van der Waals surface area contributed by atoms with Crippen LogP contribution in [0.4, 0.5) is 4.39 Å². The summed E-state index contributed by atoms with van der Waals surface area (Å²) in [5, 5.41) is 9.53. The summed E-state index contributed by atoms with van der Waals surface area (Å²) in [7, 11) is 0. The first-order valence-electron chi connectivity index (χ1n) is 8.42. The Kier molecular flexibility index (Phi) is 7.01. The van der Waals surface area contributed by atoms with Crippen LogP contribution >= 0.6 is 11.6 Å². The molecule has 2 N–H and O–H groups in total. The van der Waals surface area contributed by atoms with Crippen molar-refractivity contribution in [1.29, 1.82) is 5.26 Å². The number of carbonyl (C=O) groups excluding carboxylic acids is 2. The third-order valence-corrected chi connectivity index (χ3v) is 4.22. The number of nitrogens with zero attached hydrogens (tertiary/aromatic N) is 1. The van der Waals surface area contributed by atoms with Gasteiger partial charge in [-0.3, -0.25) is 4.79 Å². The van der Waals surface area contributed by atoms with Gasteiger partial charge in [0.1, 0.15) is 29.6 Å². The fourth-order valence-electron chi connectivity index (χ4n) is 2.80. The van der Waals surface area contributed by atoms with E-state index in [1.807, 2.05) is 6.07 Å². The number of carbonyl (C=O) groups is 2. The molecule has 0 amide bonds. The van der Waals surface area contributed by atoms with Gasteiger partial charge >= 0.3 is 11.9 Å². The van der Waals surface area contributed by atoms with Gasteiger partial charge in [0.2, 0.25) is 5.88 Å². The Hall–Kier alpha value is -3.05. The third kappa shape index (κ3) is 4.26. The lowest BCUT2D eigenvalue weighted by atomic mass is 9.82. The fourth-order valence-corrected chi connectivity index (χ4v) is 3.07. The zero-order valence-electron chi connectivity index (χ0n) is 15.3. The maximum absolute atomic E-state index is 14.6. The van der Waals surface area contributed by atoms with E-state index in [1.54, 1.807) is 13.8 Å². The van der Waals surface area contributed by atoms with Gasteiger partial charge in [-0.1, -0.05) is 17.7 Å². The maximum atomic E-state index is 14.6. The van der Waals surface area contributed by atoms with Crippen LogP contribution in [0, 0.1) is 17.1 Å². The standard InChI is InChI=1S/C19H18ClFN2O5/c1-3-26-14(24)8-13-17(19(25)27-4-2)15(10(9-22)18(23)28-13)16-11(20)6-5-7-12(16)21/h5-7,15H,3-4,8,23H2,1-2H3/t15-/m1/s1. The van der Waals surface area contributed by atoms with Crippen LogP contribution in [0.2, 0.25) is 5.02 Å². The zero-order valence-corrected chi connectivity index (χ0v) is 16.0. The molecule has 148 valence electrons. The number of allylic oxidation sites excluding steroid dienone is 1. The SMILES string of the molecule is CCOC(=O)CC1=C(C(=O)OCC)[C@@H](c2c(F)cccc2Cl)C(C#N)=C(N)O1. The number of benzene rings is 1. The van der Waals surface area contributed by atoms with Crippen LogP contribution in [0.5, 0.6) is 0 Å². The molecule has 1 aromatic rings. The largest absolute Gasteiger partial charge is 0.466 e.